The molecular weight excluding hydrogens is 802 g/mol. The van der Waals surface area contributed by atoms with E-state index in [4.69, 9.17) is 23.2 Å². The minimum absolute atomic E-state index is 0. The molecular formula is C34H37Cl2F6N4O4Y-. The number of rotatable bonds is 8. The number of alkyl halides is 6. The summed E-state index contributed by atoms with van der Waals surface area (Å²) in [6.45, 7) is 4.11. The van der Waals surface area contributed by atoms with E-state index in [2.05, 4.69) is 0 Å². The summed E-state index contributed by atoms with van der Waals surface area (Å²) in [6.07, 6.45) is -9.05. The first-order valence-corrected chi connectivity index (χ1v) is 16.7. The SMILES string of the molecule is C[C-](C)C(=O)CCC(=O)N1CCC(C(=O)N2CCN(C(=O)N(C)c3cc(C(F)(F)F)cc(C(F)(F)F)c3)[C@H](Cc3ccc(Cl)c(Cl)c3)C2)CC1.[Y]. The van der Waals surface area contributed by atoms with Crippen LogP contribution in [0.2, 0.25) is 10.0 Å². The Morgan fingerprint density at radius 2 is 1.41 bits per heavy atom. The first-order valence-electron chi connectivity index (χ1n) is 15.9. The monoisotopic (exact) mass is 838 g/mol. The Kier molecular flexibility index (Phi) is 14.7. The molecule has 0 aromatic heterocycles. The maximum atomic E-state index is 13.8. The van der Waals surface area contributed by atoms with Gasteiger partial charge in [-0.2, -0.15) is 40.2 Å². The quantitative estimate of drug-likeness (QED) is 0.203. The molecule has 0 saturated carbocycles. The van der Waals surface area contributed by atoms with Gasteiger partial charge in [0.05, 0.1) is 27.2 Å². The predicted octanol–water partition coefficient (Wildman–Crippen LogP) is 7.54. The number of hydrogen-bond donors (Lipinski definition) is 0. The van der Waals surface area contributed by atoms with Gasteiger partial charge in [-0.15, -0.1) is 0 Å². The van der Waals surface area contributed by atoms with E-state index in [1.807, 2.05) is 0 Å². The zero-order chi connectivity index (χ0) is 37.1. The van der Waals surface area contributed by atoms with E-state index in [1.165, 1.54) is 4.90 Å². The number of piperazine rings is 1. The third kappa shape index (κ3) is 11.0. The molecule has 2 saturated heterocycles. The van der Waals surface area contributed by atoms with Crippen LogP contribution in [-0.2, 0) is 65.9 Å². The van der Waals surface area contributed by atoms with E-state index >= 15 is 0 Å². The van der Waals surface area contributed by atoms with Crippen LogP contribution in [0.1, 0.15) is 56.2 Å². The van der Waals surface area contributed by atoms with Crippen LogP contribution in [0.15, 0.2) is 36.4 Å². The minimum Gasteiger partial charge on any atom is -0.343 e. The number of carbonyl (C=O) groups is 4. The Morgan fingerprint density at radius 3 is 1.94 bits per heavy atom. The summed E-state index contributed by atoms with van der Waals surface area (Å²) in [5.41, 5.74) is -3.07. The van der Waals surface area contributed by atoms with Gasteiger partial charge in [-0.3, -0.25) is 14.5 Å². The van der Waals surface area contributed by atoms with Gasteiger partial charge in [0, 0.05) is 96.3 Å². The third-order valence-corrected chi connectivity index (χ3v) is 9.80. The van der Waals surface area contributed by atoms with Crippen LogP contribution >= 0.6 is 23.2 Å². The summed E-state index contributed by atoms with van der Waals surface area (Å²) >= 11 is 12.3. The topological polar surface area (TPSA) is 81.2 Å². The summed E-state index contributed by atoms with van der Waals surface area (Å²) in [7, 11) is 1.10. The largest absolute Gasteiger partial charge is 0.416 e. The molecule has 2 fully saturated rings. The number of halogens is 8. The first-order chi connectivity index (χ1) is 23.3. The van der Waals surface area contributed by atoms with Crippen LogP contribution in [0.5, 0.6) is 0 Å². The smallest absolute Gasteiger partial charge is 0.343 e. The number of anilines is 1. The molecule has 1 atom stereocenters. The van der Waals surface area contributed by atoms with Crippen molar-refractivity contribution in [3.63, 3.8) is 0 Å². The molecule has 4 amide bonds. The average Bonchev–Trinajstić information content (AvgIpc) is 3.06. The number of ketones is 1. The van der Waals surface area contributed by atoms with Crippen molar-refractivity contribution in [2.75, 3.05) is 44.7 Å². The molecule has 51 heavy (non-hydrogen) atoms. The molecule has 277 valence electrons. The number of likely N-dealkylation sites (tertiary alicyclic amines) is 1. The second-order valence-corrected chi connectivity index (χ2v) is 13.6. The zero-order valence-electron chi connectivity index (χ0n) is 28.2. The predicted molar refractivity (Wildman–Crippen MR) is 176 cm³/mol. The standard InChI is InChI=1S/C34H37Cl2F6N4O4.Y/c1-20(2)29(47)6-7-30(48)44-10-8-22(9-11-44)31(49)45-12-13-46(26(19-45)14-21-4-5-27(35)28(36)15-21)32(50)43(3)25-17-23(33(37,38)39)16-24(18-25)34(40,41)42;/h4-5,15-18,22,26H,6-14,19H2,1-3H3;/q-1;/t26-;/m1./s1. The fraction of sp³-hybridized carbons (Fsp3) is 0.500. The molecule has 2 aromatic rings. The van der Waals surface area contributed by atoms with Crippen LogP contribution in [0.3, 0.4) is 0 Å². The van der Waals surface area contributed by atoms with Crippen LogP contribution < -0.4 is 4.90 Å². The van der Waals surface area contributed by atoms with Crippen LogP contribution in [0.25, 0.3) is 0 Å². The number of benzene rings is 2. The Labute approximate surface area is 327 Å². The molecule has 4 rings (SSSR count). The van der Waals surface area contributed by atoms with Gasteiger partial charge in [-0.25, -0.2) is 4.79 Å². The molecule has 0 spiro atoms. The Hall–Kier alpha value is -2.55. The van der Waals surface area contributed by atoms with Crippen LogP contribution in [-0.4, -0.2) is 84.1 Å². The van der Waals surface area contributed by atoms with Gasteiger partial charge < -0.3 is 25.4 Å². The van der Waals surface area contributed by atoms with Crippen molar-refractivity contribution in [1.29, 1.82) is 0 Å². The fourth-order valence-corrected chi connectivity index (χ4v) is 6.44. The maximum absolute atomic E-state index is 13.8. The van der Waals surface area contributed by atoms with Crippen molar-refractivity contribution in [2.45, 2.75) is 64.3 Å². The molecule has 17 heteroatoms. The number of carbonyl (C=O) groups excluding carboxylic acids is 4. The van der Waals surface area contributed by atoms with Crippen molar-refractivity contribution in [2.24, 2.45) is 5.92 Å². The molecule has 0 N–H and O–H groups in total. The van der Waals surface area contributed by atoms with Crippen molar-refractivity contribution in [1.82, 2.24) is 14.7 Å². The van der Waals surface area contributed by atoms with Gasteiger partial charge in [-0.1, -0.05) is 29.3 Å². The minimum atomic E-state index is -5.10. The van der Waals surface area contributed by atoms with E-state index in [0.29, 0.717) is 49.5 Å². The number of Topliss-reactive ketones (excluding diaryl/α,β-unsaturated/α-hetero) is 1. The summed E-state index contributed by atoms with van der Waals surface area (Å²) in [5.74, 6) is -0.210. The number of urea groups is 1. The molecule has 2 aliphatic rings. The number of piperidine rings is 1. The number of hydrogen-bond acceptors (Lipinski definition) is 4. The molecule has 2 aliphatic heterocycles. The van der Waals surface area contributed by atoms with Gasteiger partial charge in [-0.05, 0) is 61.6 Å². The Bertz CT molecular complexity index is 1570. The third-order valence-electron chi connectivity index (χ3n) is 9.06. The maximum Gasteiger partial charge on any atom is 0.416 e. The normalized spacial score (nSPS) is 17.2. The van der Waals surface area contributed by atoms with Crippen molar-refractivity contribution < 1.29 is 78.2 Å². The van der Waals surface area contributed by atoms with E-state index in [1.54, 1.807) is 41.8 Å². The van der Waals surface area contributed by atoms with Gasteiger partial charge in [0.15, 0.2) is 0 Å². The van der Waals surface area contributed by atoms with Gasteiger partial charge >= 0.3 is 18.4 Å². The molecule has 1 radical (unpaired) electrons. The Balaban J connectivity index is 0.00000702. The van der Waals surface area contributed by atoms with E-state index in [-0.39, 0.29) is 105 Å². The van der Waals surface area contributed by atoms with Gasteiger partial charge in [0.1, 0.15) is 0 Å². The summed E-state index contributed by atoms with van der Waals surface area (Å²) in [4.78, 5) is 57.4. The van der Waals surface area contributed by atoms with E-state index in [9.17, 15) is 45.5 Å². The summed E-state index contributed by atoms with van der Waals surface area (Å²) in [6, 6.07) is 4.19. The molecule has 0 unspecified atom stereocenters. The van der Waals surface area contributed by atoms with Crippen molar-refractivity contribution >= 4 is 52.5 Å². The first kappa shape index (κ1) is 42.9. The zero-order valence-corrected chi connectivity index (χ0v) is 32.6. The molecule has 2 heterocycles. The second-order valence-electron chi connectivity index (χ2n) is 12.8. The summed E-state index contributed by atoms with van der Waals surface area (Å²) in [5, 5.41) is 0.518. The molecule has 0 aliphatic carbocycles. The number of nitrogens with zero attached hydrogens (tertiary/aromatic N) is 4. The van der Waals surface area contributed by atoms with Crippen LogP contribution in [0.4, 0.5) is 36.8 Å². The average molecular weight is 839 g/mol. The number of amides is 4. The molecule has 0 bridgehead atoms. The summed E-state index contributed by atoms with van der Waals surface area (Å²) < 4.78 is 81.4. The van der Waals surface area contributed by atoms with Crippen LogP contribution in [0, 0.1) is 11.8 Å². The van der Waals surface area contributed by atoms with E-state index < -0.39 is 47.2 Å². The second kappa shape index (κ2) is 17.5. The molecule has 8 nitrogen and oxygen atoms in total. The molecule has 2 aromatic carbocycles. The van der Waals surface area contributed by atoms with E-state index in [0.717, 1.165) is 11.9 Å². The van der Waals surface area contributed by atoms with Crippen molar-refractivity contribution in [3.05, 3.63) is 69.1 Å². The van der Waals surface area contributed by atoms with Crippen molar-refractivity contribution in [3.8, 4) is 0 Å². The van der Waals surface area contributed by atoms with Gasteiger partial charge in [0.25, 0.3) is 0 Å². The van der Waals surface area contributed by atoms with Gasteiger partial charge in [0.2, 0.25) is 11.8 Å². The fourth-order valence-electron chi connectivity index (χ4n) is 6.12. The Morgan fingerprint density at radius 1 is 0.824 bits per heavy atom.